The van der Waals surface area contributed by atoms with Gasteiger partial charge in [-0.15, -0.1) is 0 Å². The minimum atomic E-state index is -3.56. The van der Waals surface area contributed by atoms with E-state index < -0.39 is 10.0 Å². The molecule has 0 spiro atoms. The molecule has 0 saturated heterocycles. The quantitative estimate of drug-likeness (QED) is 0.494. The van der Waals surface area contributed by atoms with Gasteiger partial charge in [0.25, 0.3) is 5.91 Å². The third-order valence-electron chi connectivity index (χ3n) is 4.48. The molecule has 164 valence electrons. The molecule has 0 aromatic heterocycles. The number of hydrogen-bond donors (Lipinski definition) is 1. The minimum Gasteiger partial charge on any atom is -0.484 e. The summed E-state index contributed by atoms with van der Waals surface area (Å²) >= 11 is 5.82. The fourth-order valence-electron chi connectivity index (χ4n) is 2.76. The number of ether oxygens (including phenoxy) is 1. The molecular weight excluding hydrogens is 424 g/mol. The lowest BCUT2D eigenvalue weighted by molar-refractivity contribution is -0.118. The van der Waals surface area contributed by atoms with Gasteiger partial charge < -0.3 is 10.1 Å². The predicted molar refractivity (Wildman–Crippen MR) is 121 cm³/mol. The van der Waals surface area contributed by atoms with Crippen LogP contribution in [-0.4, -0.2) is 38.3 Å². The van der Waals surface area contributed by atoms with E-state index in [1.807, 2.05) is 13.8 Å². The molecule has 8 heteroatoms. The Morgan fingerprint density at radius 1 is 0.967 bits per heavy atom. The highest BCUT2D eigenvalue weighted by Crippen LogP contribution is 2.20. The number of rotatable bonds is 12. The van der Waals surface area contributed by atoms with Gasteiger partial charge in [0.15, 0.2) is 6.61 Å². The summed E-state index contributed by atoms with van der Waals surface area (Å²) in [5.41, 5.74) is 0.507. The number of nitrogens with one attached hydrogen (secondary N) is 1. The van der Waals surface area contributed by atoms with Gasteiger partial charge in [-0.25, -0.2) is 8.42 Å². The molecule has 2 aromatic carbocycles. The van der Waals surface area contributed by atoms with Crippen molar-refractivity contribution in [2.45, 2.75) is 44.4 Å². The molecule has 0 atom stereocenters. The summed E-state index contributed by atoms with van der Waals surface area (Å²) < 4.78 is 32.9. The van der Waals surface area contributed by atoms with Gasteiger partial charge >= 0.3 is 0 Å². The van der Waals surface area contributed by atoms with Crippen LogP contribution in [0.1, 0.15) is 39.5 Å². The number of sulfonamides is 1. The summed E-state index contributed by atoms with van der Waals surface area (Å²) in [7, 11) is -3.56. The van der Waals surface area contributed by atoms with Gasteiger partial charge in [-0.1, -0.05) is 38.3 Å². The van der Waals surface area contributed by atoms with Gasteiger partial charge in [-0.05, 0) is 61.4 Å². The maximum Gasteiger partial charge on any atom is 0.262 e. The topological polar surface area (TPSA) is 75.7 Å². The van der Waals surface area contributed by atoms with Crippen molar-refractivity contribution < 1.29 is 17.9 Å². The van der Waals surface area contributed by atoms with Crippen molar-refractivity contribution in [3.05, 3.63) is 53.6 Å². The molecule has 0 heterocycles. The SMILES string of the molecule is CCCCN(CCCC)S(=O)(=O)c1ccc(NC(=O)COc2ccc(Cl)cc2)cc1. The standard InChI is InChI=1S/C22H29ClN2O4S/c1-3-5-15-25(16-6-4-2)30(27,28)21-13-9-19(10-14-21)24-22(26)17-29-20-11-7-18(23)8-12-20/h7-14H,3-6,15-17H2,1-2H3,(H,24,26). The Balaban J connectivity index is 1.98. The molecule has 1 amide bonds. The number of carbonyl (C=O) groups is 1. The Kier molecular flexibility index (Phi) is 9.62. The second kappa shape index (κ2) is 11.9. The zero-order chi connectivity index (χ0) is 22.0. The molecule has 0 aliphatic heterocycles. The molecule has 0 fully saturated rings. The summed E-state index contributed by atoms with van der Waals surface area (Å²) in [6, 6.07) is 12.9. The molecule has 2 rings (SSSR count). The molecule has 0 saturated carbocycles. The van der Waals surface area contributed by atoms with E-state index in [9.17, 15) is 13.2 Å². The van der Waals surface area contributed by atoms with E-state index in [0.717, 1.165) is 25.7 Å². The molecular formula is C22H29ClN2O4S. The number of hydrogen-bond acceptors (Lipinski definition) is 4. The predicted octanol–water partition coefficient (Wildman–Crippen LogP) is 4.95. The van der Waals surface area contributed by atoms with E-state index in [-0.39, 0.29) is 17.4 Å². The van der Waals surface area contributed by atoms with Crippen LogP contribution in [0, 0.1) is 0 Å². The van der Waals surface area contributed by atoms with Crippen molar-refractivity contribution in [2.75, 3.05) is 25.0 Å². The van der Waals surface area contributed by atoms with Crippen LogP contribution in [0.25, 0.3) is 0 Å². The zero-order valence-electron chi connectivity index (χ0n) is 17.4. The van der Waals surface area contributed by atoms with Crippen molar-refractivity contribution >= 4 is 33.2 Å². The lowest BCUT2D eigenvalue weighted by atomic mass is 10.3. The third kappa shape index (κ3) is 7.31. The van der Waals surface area contributed by atoms with Gasteiger partial charge in [-0.3, -0.25) is 4.79 Å². The highest BCUT2D eigenvalue weighted by atomic mass is 35.5. The molecule has 30 heavy (non-hydrogen) atoms. The fourth-order valence-corrected chi connectivity index (χ4v) is 4.40. The summed E-state index contributed by atoms with van der Waals surface area (Å²) in [6.45, 7) is 4.94. The summed E-state index contributed by atoms with van der Waals surface area (Å²) in [5, 5.41) is 3.29. The Morgan fingerprint density at radius 3 is 2.07 bits per heavy atom. The fraction of sp³-hybridized carbons (Fsp3) is 0.409. The number of amides is 1. The Morgan fingerprint density at radius 2 is 1.53 bits per heavy atom. The van der Waals surface area contributed by atoms with Crippen LogP contribution >= 0.6 is 11.6 Å². The minimum absolute atomic E-state index is 0.163. The summed E-state index contributed by atoms with van der Waals surface area (Å²) in [5.74, 6) is 0.198. The van der Waals surface area contributed by atoms with Gasteiger partial charge in [0.05, 0.1) is 4.90 Å². The number of carbonyl (C=O) groups excluding carboxylic acids is 1. The van der Waals surface area contributed by atoms with Crippen molar-refractivity contribution in [2.24, 2.45) is 0 Å². The van der Waals surface area contributed by atoms with Gasteiger partial charge in [0, 0.05) is 23.8 Å². The van der Waals surface area contributed by atoms with E-state index >= 15 is 0 Å². The van der Waals surface area contributed by atoms with Crippen LogP contribution in [0.3, 0.4) is 0 Å². The molecule has 0 aliphatic rings. The monoisotopic (exact) mass is 452 g/mol. The van der Waals surface area contributed by atoms with E-state index in [1.165, 1.54) is 12.1 Å². The number of anilines is 1. The van der Waals surface area contributed by atoms with Crippen LogP contribution in [-0.2, 0) is 14.8 Å². The van der Waals surface area contributed by atoms with Gasteiger partial charge in [0.1, 0.15) is 5.75 Å². The average molecular weight is 453 g/mol. The van der Waals surface area contributed by atoms with Crippen LogP contribution in [0.4, 0.5) is 5.69 Å². The van der Waals surface area contributed by atoms with Crippen molar-refractivity contribution in [3.63, 3.8) is 0 Å². The van der Waals surface area contributed by atoms with E-state index in [1.54, 1.807) is 40.7 Å². The largest absolute Gasteiger partial charge is 0.484 e. The molecule has 0 aliphatic carbocycles. The van der Waals surface area contributed by atoms with Gasteiger partial charge in [0.2, 0.25) is 10.0 Å². The first-order valence-corrected chi connectivity index (χ1v) is 12.0. The van der Waals surface area contributed by atoms with Crippen molar-refractivity contribution in [3.8, 4) is 5.75 Å². The number of halogens is 1. The third-order valence-corrected chi connectivity index (χ3v) is 6.65. The highest BCUT2D eigenvalue weighted by Gasteiger charge is 2.23. The number of unbranched alkanes of at least 4 members (excludes halogenated alkanes) is 2. The zero-order valence-corrected chi connectivity index (χ0v) is 19.0. The molecule has 0 radical (unpaired) electrons. The molecule has 0 bridgehead atoms. The number of nitrogens with zero attached hydrogens (tertiary/aromatic N) is 1. The molecule has 6 nitrogen and oxygen atoms in total. The summed E-state index contributed by atoms with van der Waals surface area (Å²) in [6.07, 6.45) is 3.51. The van der Waals surface area contributed by atoms with E-state index in [0.29, 0.717) is 29.5 Å². The first-order valence-electron chi connectivity index (χ1n) is 10.1. The Labute approximate surface area is 184 Å². The maximum absolute atomic E-state index is 13.0. The smallest absolute Gasteiger partial charge is 0.262 e. The number of benzene rings is 2. The molecule has 2 aromatic rings. The highest BCUT2D eigenvalue weighted by molar-refractivity contribution is 7.89. The maximum atomic E-state index is 13.0. The lowest BCUT2D eigenvalue weighted by Gasteiger charge is -2.22. The molecule has 1 N–H and O–H groups in total. The second-order valence-electron chi connectivity index (χ2n) is 6.93. The van der Waals surface area contributed by atoms with Crippen molar-refractivity contribution in [1.29, 1.82) is 0 Å². The Bertz CT molecular complexity index is 892. The van der Waals surface area contributed by atoms with Crippen LogP contribution in [0.15, 0.2) is 53.4 Å². The normalized spacial score (nSPS) is 11.5. The lowest BCUT2D eigenvalue weighted by Crippen LogP contribution is -2.33. The van der Waals surface area contributed by atoms with E-state index in [4.69, 9.17) is 16.3 Å². The van der Waals surface area contributed by atoms with Crippen LogP contribution in [0.5, 0.6) is 5.75 Å². The van der Waals surface area contributed by atoms with E-state index in [2.05, 4.69) is 5.32 Å². The average Bonchev–Trinajstić information content (AvgIpc) is 2.73. The van der Waals surface area contributed by atoms with Gasteiger partial charge in [-0.2, -0.15) is 4.31 Å². The first-order chi connectivity index (χ1) is 14.4. The Hall–Kier alpha value is -2.09. The van der Waals surface area contributed by atoms with Crippen LogP contribution < -0.4 is 10.1 Å². The van der Waals surface area contributed by atoms with Crippen molar-refractivity contribution in [1.82, 2.24) is 4.31 Å². The summed E-state index contributed by atoms with van der Waals surface area (Å²) in [4.78, 5) is 12.3. The van der Waals surface area contributed by atoms with Crippen LogP contribution in [0.2, 0.25) is 5.02 Å². The first kappa shape index (κ1) is 24.2. The molecule has 0 unspecified atom stereocenters. The second-order valence-corrected chi connectivity index (χ2v) is 9.30.